The first kappa shape index (κ1) is 14.8. The highest BCUT2D eigenvalue weighted by atomic mass is 16.6. The van der Waals surface area contributed by atoms with Gasteiger partial charge in [-0.05, 0) is 25.5 Å². The van der Waals surface area contributed by atoms with Gasteiger partial charge in [0.25, 0.3) is 0 Å². The van der Waals surface area contributed by atoms with Crippen LogP contribution in [0.3, 0.4) is 0 Å². The van der Waals surface area contributed by atoms with Gasteiger partial charge >= 0.3 is 11.9 Å². The number of hydrogen-bond acceptors (Lipinski definition) is 5. The van der Waals surface area contributed by atoms with Crippen molar-refractivity contribution < 1.29 is 24.2 Å². The van der Waals surface area contributed by atoms with E-state index in [9.17, 15) is 14.7 Å². The van der Waals surface area contributed by atoms with Gasteiger partial charge in [0.15, 0.2) is 17.6 Å². The minimum absolute atomic E-state index is 0.0253. The van der Waals surface area contributed by atoms with Gasteiger partial charge in [-0.25, -0.2) is 9.59 Å². The number of rotatable bonds is 5. The smallest absolute Gasteiger partial charge is 0.352 e. The van der Waals surface area contributed by atoms with Crippen molar-refractivity contribution in [3.05, 3.63) is 36.4 Å². The van der Waals surface area contributed by atoms with E-state index < -0.39 is 18.0 Å². The second kappa shape index (κ2) is 6.58. The Kier molecular flexibility index (Phi) is 5.11. The summed E-state index contributed by atoms with van der Waals surface area (Å²) in [5, 5.41) is 9.48. The van der Waals surface area contributed by atoms with Gasteiger partial charge in [0.1, 0.15) is 0 Å². The molecule has 0 spiro atoms. The maximum atomic E-state index is 11.8. The zero-order valence-corrected chi connectivity index (χ0v) is 10.9. The van der Waals surface area contributed by atoms with Crippen molar-refractivity contribution in [2.75, 3.05) is 0 Å². The van der Waals surface area contributed by atoms with E-state index in [1.54, 1.807) is 19.1 Å². The van der Waals surface area contributed by atoms with Crippen LogP contribution in [-0.2, 0) is 14.3 Å². The van der Waals surface area contributed by atoms with Crippen LogP contribution in [0.1, 0.15) is 20.3 Å². The summed E-state index contributed by atoms with van der Waals surface area (Å²) in [6.45, 7) is 6.61. The molecular formula is C14H16O5. The first-order chi connectivity index (χ1) is 8.95. The summed E-state index contributed by atoms with van der Waals surface area (Å²) in [4.78, 5) is 23.2. The van der Waals surface area contributed by atoms with Crippen LogP contribution in [0, 0.1) is 0 Å². The van der Waals surface area contributed by atoms with E-state index >= 15 is 0 Å². The molecule has 5 heteroatoms. The van der Waals surface area contributed by atoms with Crippen molar-refractivity contribution in [1.82, 2.24) is 0 Å². The average molecular weight is 264 g/mol. The Morgan fingerprint density at radius 2 is 2.00 bits per heavy atom. The molecule has 0 aliphatic rings. The molecule has 0 aliphatic heterocycles. The number of ether oxygens (including phenoxy) is 2. The summed E-state index contributed by atoms with van der Waals surface area (Å²) < 4.78 is 9.92. The number of para-hydroxylation sites is 2. The molecule has 1 aromatic carbocycles. The molecule has 0 aromatic heterocycles. The topological polar surface area (TPSA) is 72.8 Å². The van der Waals surface area contributed by atoms with Gasteiger partial charge in [0.2, 0.25) is 0 Å². The third-order valence-electron chi connectivity index (χ3n) is 2.31. The van der Waals surface area contributed by atoms with Crippen LogP contribution in [0.15, 0.2) is 36.4 Å². The predicted octanol–water partition coefficient (Wildman–Crippen LogP) is 2.20. The first-order valence-electron chi connectivity index (χ1n) is 5.81. The molecule has 0 saturated carbocycles. The Bertz CT molecular complexity index is 492. The molecule has 0 bridgehead atoms. The zero-order valence-electron chi connectivity index (χ0n) is 10.9. The molecule has 102 valence electrons. The molecule has 1 unspecified atom stereocenters. The summed E-state index contributed by atoms with van der Waals surface area (Å²) in [5.74, 6) is -1.52. The highest BCUT2D eigenvalue weighted by Gasteiger charge is 2.24. The minimum Gasteiger partial charge on any atom is -0.504 e. The monoisotopic (exact) mass is 264 g/mol. The zero-order chi connectivity index (χ0) is 14.4. The van der Waals surface area contributed by atoms with Gasteiger partial charge in [-0.15, -0.1) is 0 Å². The molecule has 19 heavy (non-hydrogen) atoms. The Hall–Kier alpha value is -2.30. The SMILES string of the molecule is C=C(C)C(=O)OC(CC)C(=O)Oc1ccccc1O. The lowest BCUT2D eigenvalue weighted by atomic mass is 10.2. The molecule has 0 fully saturated rings. The number of phenolic OH excluding ortho intramolecular Hbond substituents is 1. The van der Waals surface area contributed by atoms with Gasteiger partial charge in [-0.3, -0.25) is 0 Å². The maximum absolute atomic E-state index is 11.8. The quantitative estimate of drug-likeness (QED) is 0.501. The van der Waals surface area contributed by atoms with E-state index in [1.165, 1.54) is 19.1 Å². The predicted molar refractivity (Wildman–Crippen MR) is 68.7 cm³/mol. The van der Waals surface area contributed by atoms with E-state index in [0.717, 1.165) is 0 Å². The van der Waals surface area contributed by atoms with Gasteiger partial charge in [-0.1, -0.05) is 25.6 Å². The highest BCUT2D eigenvalue weighted by molar-refractivity contribution is 5.89. The molecule has 0 aliphatic carbocycles. The van der Waals surface area contributed by atoms with Crippen molar-refractivity contribution >= 4 is 11.9 Å². The van der Waals surface area contributed by atoms with Crippen molar-refractivity contribution in [1.29, 1.82) is 0 Å². The molecule has 1 rings (SSSR count). The highest BCUT2D eigenvalue weighted by Crippen LogP contribution is 2.25. The second-order valence-corrected chi connectivity index (χ2v) is 3.97. The molecule has 1 atom stereocenters. The summed E-state index contributed by atoms with van der Waals surface area (Å²) in [7, 11) is 0. The second-order valence-electron chi connectivity index (χ2n) is 3.97. The first-order valence-corrected chi connectivity index (χ1v) is 5.81. The normalized spacial score (nSPS) is 11.5. The fourth-order valence-electron chi connectivity index (χ4n) is 1.25. The van der Waals surface area contributed by atoms with Gasteiger partial charge < -0.3 is 14.6 Å². The Morgan fingerprint density at radius 1 is 1.37 bits per heavy atom. The van der Waals surface area contributed by atoms with Crippen molar-refractivity contribution in [3.63, 3.8) is 0 Å². The average Bonchev–Trinajstić information content (AvgIpc) is 2.38. The van der Waals surface area contributed by atoms with E-state index in [0.29, 0.717) is 0 Å². The number of esters is 2. The Labute approximate surface area is 111 Å². The molecule has 1 N–H and O–H groups in total. The Balaban J connectivity index is 2.72. The van der Waals surface area contributed by atoms with Gasteiger partial charge in [-0.2, -0.15) is 0 Å². The van der Waals surface area contributed by atoms with Crippen LogP contribution < -0.4 is 4.74 Å². The lowest BCUT2D eigenvalue weighted by molar-refractivity contribution is -0.159. The molecule has 0 saturated heterocycles. The number of benzene rings is 1. The molecular weight excluding hydrogens is 248 g/mol. The van der Waals surface area contributed by atoms with Crippen LogP contribution in [0.2, 0.25) is 0 Å². The van der Waals surface area contributed by atoms with Crippen LogP contribution in [-0.4, -0.2) is 23.1 Å². The number of carbonyl (C=O) groups excluding carboxylic acids is 2. The third-order valence-corrected chi connectivity index (χ3v) is 2.31. The lowest BCUT2D eigenvalue weighted by Gasteiger charge is -2.15. The summed E-state index contributed by atoms with van der Waals surface area (Å²) in [5.41, 5.74) is 0.203. The molecule has 0 radical (unpaired) electrons. The summed E-state index contributed by atoms with van der Waals surface area (Å²) >= 11 is 0. The maximum Gasteiger partial charge on any atom is 0.352 e. The summed E-state index contributed by atoms with van der Waals surface area (Å²) in [6, 6.07) is 6.05. The van der Waals surface area contributed by atoms with E-state index in [4.69, 9.17) is 9.47 Å². The van der Waals surface area contributed by atoms with E-state index in [1.807, 2.05) is 0 Å². The van der Waals surface area contributed by atoms with Crippen molar-refractivity contribution in [3.8, 4) is 11.5 Å². The van der Waals surface area contributed by atoms with Crippen molar-refractivity contribution in [2.24, 2.45) is 0 Å². The number of aromatic hydroxyl groups is 1. The largest absolute Gasteiger partial charge is 0.504 e. The molecule has 1 aromatic rings. The van der Waals surface area contributed by atoms with Crippen molar-refractivity contribution in [2.45, 2.75) is 26.4 Å². The third kappa shape index (κ3) is 4.13. The number of phenols is 1. The standard InChI is InChI=1S/C14H16O5/c1-4-11(18-13(16)9(2)3)14(17)19-12-8-6-5-7-10(12)15/h5-8,11,15H,2,4H2,1,3H3. The van der Waals surface area contributed by atoms with Crippen LogP contribution in [0.25, 0.3) is 0 Å². The van der Waals surface area contributed by atoms with Crippen LogP contribution in [0.4, 0.5) is 0 Å². The molecule has 0 amide bonds. The lowest BCUT2D eigenvalue weighted by Crippen LogP contribution is -2.30. The van der Waals surface area contributed by atoms with Crippen LogP contribution in [0.5, 0.6) is 11.5 Å². The molecule has 0 heterocycles. The van der Waals surface area contributed by atoms with E-state index in [-0.39, 0.29) is 23.5 Å². The van der Waals surface area contributed by atoms with E-state index in [2.05, 4.69) is 6.58 Å². The fraction of sp³-hybridized carbons (Fsp3) is 0.286. The van der Waals surface area contributed by atoms with Gasteiger partial charge in [0, 0.05) is 5.57 Å². The minimum atomic E-state index is -1.02. The Morgan fingerprint density at radius 3 is 2.53 bits per heavy atom. The van der Waals surface area contributed by atoms with Crippen LogP contribution >= 0.6 is 0 Å². The number of hydrogen-bond donors (Lipinski definition) is 1. The molecule has 5 nitrogen and oxygen atoms in total. The fourth-order valence-corrected chi connectivity index (χ4v) is 1.25. The van der Waals surface area contributed by atoms with Gasteiger partial charge in [0.05, 0.1) is 0 Å². The number of carbonyl (C=O) groups is 2. The summed E-state index contributed by atoms with van der Waals surface area (Å²) in [6.07, 6.45) is -0.755.